The zero-order valence-electron chi connectivity index (χ0n) is 12.5. The van der Waals surface area contributed by atoms with Gasteiger partial charge in [-0.05, 0) is 11.6 Å². The Morgan fingerprint density at radius 2 is 2.04 bits per heavy atom. The van der Waals surface area contributed by atoms with E-state index in [-0.39, 0.29) is 30.3 Å². The number of carbonyl (C=O) groups excluding carboxylic acids is 1. The molecule has 0 N–H and O–H groups in total. The van der Waals surface area contributed by atoms with Crippen LogP contribution in [0.5, 0.6) is 0 Å². The molecule has 1 unspecified atom stereocenters. The minimum Gasteiger partial charge on any atom is -0.453 e. The molecule has 124 valence electrons. The number of carbonyl (C=O) groups is 1. The predicted molar refractivity (Wildman–Crippen MR) is 76.1 cm³/mol. The van der Waals surface area contributed by atoms with Crippen LogP contribution in [0.1, 0.15) is 22.8 Å². The van der Waals surface area contributed by atoms with Crippen LogP contribution in [0.25, 0.3) is 0 Å². The van der Waals surface area contributed by atoms with Crippen LogP contribution in [0, 0.1) is 16.0 Å². The topological polar surface area (TPSA) is 97.1 Å². The Labute approximate surface area is 132 Å². The number of ether oxygens (including phenoxy) is 3. The quantitative estimate of drug-likeness (QED) is 0.458. The van der Waals surface area contributed by atoms with E-state index < -0.39 is 17.2 Å². The summed E-state index contributed by atoms with van der Waals surface area (Å²) in [4.78, 5) is 27.0. The van der Waals surface area contributed by atoms with Crippen LogP contribution in [0.4, 0.5) is 0 Å². The van der Waals surface area contributed by atoms with Gasteiger partial charge in [-0.25, -0.2) is 4.79 Å². The fraction of sp³-hybridized carbons (Fsp3) is 0.533. The van der Waals surface area contributed by atoms with Gasteiger partial charge in [0.05, 0.1) is 24.9 Å². The summed E-state index contributed by atoms with van der Waals surface area (Å²) in [5, 5.41) is 9.42. The number of nitrogens with zero attached hydrogens (tertiary/aromatic N) is 1. The molecule has 0 saturated carbocycles. The maximum absolute atomic E-state index is 12.4. The fourth-order valence-electron chi connectivity index (χ4n) is 2.92. The van der Waals surface area contributed by atoms with Crippen molar-refractivity contribution in [2.45, 2.75) is 31.8 Å². The van der Waals surface area contributed by atoms with Gasteiger partial charge in [0.15, 0.2) is 6.10 Å². The standard InChI is InChI=1S/C15H17NO7/c1-9-6-20-14-12(8-21-13(9)14)23-15(17)11-5-3-2-4-10(11)7-22-16(18)19/h2-5,9,12-14H,6-8H2,1H3/t9?,12-,13-,14-/m1/s1. The molecular formula is C15H17NO7. The fourth-order valence-corrected chi connectivity index (χ4v) is 2.92. The first-order valence-corrected chi connectivity index (χ1v) is 7.35. The summed E-state index contributed by atoms with van der Waals surface area (Å²) in [6.07, 6.45) is -0.779. The lowest BCUT2D eigenvalue weighted by molar-refractivity contribution is -0.763. The van der Waals surface area contributed by atoms with E-state index in [2.05, 4.69) is 4.84 Å². The van der Waals surface area contributed by atoms with Crippen LogP contribution >= 0.6 is 0 Å². The third-order valence-corrected chi connectivity index (χ3v) is 4.08. The molecule has 4 atom stereocenters. The average Bonchev–Trinajstić information content (AvgIpc) is 3.09. The van der Waals surface area contributed by atoms with Gasteiger partial charge in [0.1, 0.15) is 12.7 Å². The Kier molecular flexibility index (Phi) is 4.44. The Balaban J connectivity index is 1.68. The molecule has 3 rings (SSSR count). The molecule has 0 radical (unpaired) electrons. The van der Waals surface area contributed by atoms with E-state index in [1.54, 1.807) is 24.3 Å². The highest BCUT2D eigenvalue weighted by Gasteiger charge is 2.47. The van der Waals surface area contributed by atoms with Crippen LogP contribution in [0.3, 0.4) is 0 Å². The van der Waals surface area contributed by atoms with Crippen molar-refractivity contribution >= 4 is 5.97 Å². The lowest BCUT2D eigenvalue weighted by Crippen LogP contribution is -2.33. The highest BCUT2D eigenvalue weighted by atomic mass is 16.9. The Bertz CT molecular complexity index is 605. The van der Waals surface area contributed by atoms with Crippen molar-refractivity contribution in [1.82, 2.24) is 0 Å². The normalized spacial score (nSPS) is 29.1. The van der Waals surface area contributed by atoms with E-state index in [0.29, 0.717) is 18.8 Å². The van der Waals surface area contributed by atoms with Gasteiger partial charge in [-0.3, -0.25) is 0 Å². The number of hydrogen-bond donors (Lipinski definition) is 0. The van der Waals surface area contributed by atoms with Gasteiger partial charge in [-0.15, -0.1) is 10.1 Å². The van der Waals surface area contributed by atoms with Gasteiger partial charge in [-0.2, -0.15) is 0 Å². The maximum Gasteiger partial charge on any atom is 0.338 e. The zero-order chi connectivity index (χ0) is 16.4. The van der Waals surface area contributed by atoms with Gasteiger partial charge in [-0.1, -0.05) is 25.1 Å². The van der Waals surface area contributed by atoms with E-state index in [1.807, 2.05) is 6.92 Å². The van der Waals surface area contributed by atoms with Gasteiger partial charge in [0, 0.05) is 5.92 Å². The number of fused-ring (bicyclic) bond motifs is 1. The molecule has 1 aromatic carbocycles. The first-order chi connectivity index (χ1) is 11.1. The molecule has 0 aromatic heterocycles. The molecule has 2 fully saturated rings. The summed E-state index contributed by atoms with van der Waals surface area (Å²) < 4.78 is 16.8. The van der Waals surface area contributed by atoms with Gasteiger partial charge in [0.2, 0.25) is 0 Å². The molecule has 8 nitrogen and oxygen atoms in total. The summed E-state index contributed by atoms with van der Waals surface area (Å²) in [7, 11) is 0. The summed E-state index contributed by atoms with van der Waals surface area (Å²) >= 11 is 0. The average molecular weight is 323 g/mol. The SMILES string of the molecule is CC1CO[C@H]2[C@@H]1OC[C@H]2OC(=O)c1ccccc1CO[N+](=O)[O-]. The first-order valence-electron chi connectivity index (χ1n) is 7.35. The van der Waals surface area contributed by atoms with Crippen molar-refractivity contribution in [3.05, 3.63) is 45.5 Å². The Hall–Kier alpha value is -2.19. The Morgan fingerprint density at radius 3 is 2.83 bits per heavy atom. The van der Waals surface area contributed by atoms with Crippen LogP contribution in [0.15, 0.2) is 24.3 Å². The molecule has 8 heteroatoms. The molecule has 1 aromatic rings. The van der Waals surface area contributed by atoms with Crippen LogP contribution in [-0.4, -0.2) is 42.6 Å². The number of benzene rings is 1. The second kappa shape index (κ2) is 6.51. The molecule has 23 heavy (non-hydrogen) atoms. The van der Waals surface area contributed by atoms with E-state index in [4.69, 9.17) is 14.2 Å². The Morgan fingerprint density at radius 1 is 1.30 bits per heavy atom. The van der Waals surface area contributed by atoms with Crippen molar-refractivity contribution in [1.29, 1.82) is 0 Å². The van der Waals surface area contributed by atoms with Gasteiger partial charge < -0.3 is 19.0 Å². The smallest absolute Gasteiger partial charge is 0.338 e. The van der Waals surface area contributed by atoms with Crippen molar-refractivity contribution in [2.24, 2.45) is 5.92 Å². The van der Waals surface area contributed by atoms with Crippen molar-refractivity contribution in [3.63, 3.8) is 0 Å². The molecule has 2 aliphatic heterocycles. The summed E-state index contributed by atoms with van der Waals surface area (Å²) in [5.74, 6) is -0.297. The summed E-state index contributed by atoms with van der Waals surface area (Å²) in [6.45, 7) is 2.59. The number of esters is 1. The second-order valence-corrected chi connectivity index (χ2v) is 5.67. The highest BCUT2D eigenvalue weighted by molar-refractivity contribution is 5.91. The third-order valence-electron chi connectivity index (χ3n) is 4.08. The zero-order valence-corrected chi connectivity index (χ0v) is 12.5. The lowest BCUT2D eigenvalue weighted by atomic mass is 10.0. The maximum atomic E-state index is 12.4. The minimum absolute atomic E-state index is 0.0548. The summed E-state index contributed by atoms with van der Waals surface area (Å²) in [5.41, 5.74) is 0.634. The molecule has 0 aliphatic carbocycles. The number of hydrogen-bond acceptors (Lipinski definition) is 7. The van der Waals surface area contributed by atoms with Crippen molar-refractivity contribution in [2.75, 3.05) is 13.2 Å². The molecule has 0 spiro atoms. The van der Waals surface area contributed by atoms with Crippen molar-refractivity contribution in [3.8, 4) is 0 Å². The van der Waals surface area contributed by atoms with Crippen LogP contribution < -0.4 is 0 Å². The molecule has 2 aliphatic rings. The monoisotopic (exact) mass is 323 g/mol. The minimum atomic E-state index is -0.898. The molecular weight excluding hydrogens is 306 g/mol. The lowest BCUT2D eigenvalue weighted by Gasteiger charge is -2.17. The van der Waals surface area contributed by atoms with E-state index in [1.165, 1.54) is 0 Å². The van der Waals surface area contributed by atoms with Crippen molar-refractivity contribution < 1.29 is 28.9 Å². The van der Waals surface area contributed by atoms with Gasteiger partial charge >= 0.3 is 5.97 Å². The van der Waals surface area contributed by atoms with E-state index >= 15 is 0 Å². The predicted octanol–water partition coefficient (Wildman–Crippen LogP) is 1.35. The van der Waals surface area contributed by atoms with Crippen LogP contribution in [0.2, 0.25) is 0 Å². The van der Waals surface area contributed by atoms with Crippen LogP contribution in [-0.2, 0) is 25.7 Å². The molecule has 0 amide bonds. The first kappa shape index (κ1) is 15.7. The van der Waals surface area contributed by atoms with Gasteiger partial charge in [0.25, 0.3) is 5.09 Å². The third kappa shape index (κ3) is 3.27. The second-order valence-electron chi connectivity index (χ2n) is 5.67. The van der Waals surface area contributed by atoms with E-state index in [9.17, 15) is 14.9 Å². The largest absolute Gasteiger partial charge is 0.453 e. The summed E-state index contributed by atoms with van der Waals surface area (Å²) in [6, 6.07) is 6.47. The molecule has 2 heterocycles. The van der Waals surface area contributed by atoms with E-state index in [0.717, 1.165) is 0 Å². The number of rotatable bonds is 5. The molecule has 0 bridgehead atoms. The molecule has 2 saturated heterocycles. The highest BCUT2D eigenvalue weighted by Crippen LogP contribution is 2.32.